The highest BCUT2D eigenvalue weighted by Crippen LogP contribution is 2.39. The first-order valence-corrected chi connectivity index (χ1v) is 11.6. The summed E-state index contributed by atoms with van der Waals surface area (Å²) in [4.78, 5) is 13.6. The van der Waals surface area contributed by atoms with Crippen LogP contribution in [0.5, 0.6) is 0 Å². The zero-order valence-electron chi connectivity index (χ0n) is 17.5. The molecule has 0 saturated carbocycles. The second-order valence-electron chi connectivity index (χ2n) is 7.43. The van der Waals surface area contributed by atoms with Crippen molar-refractivity contribution in [3.63, 3.8) is 0 Å². The van der Waals surface area contributed by atoms with Gasteiger partial charge in [0.25, 0.3) is 0 Å². The van der Waals surface area contributed by atoms with E-state index in [1.807, 2.05) is 42.8 Å². The number of benzene rings is 1. The van der Waals surface area contributed by atoms with Gasteiger partial charge in [0.1, 0.15) is 5.00 Å². The Bertz CT molecular complexity index is 1170. The number of fused-ring (bicyclic) bond motifs is 1. The largest absolute Gasteiger partial charge is 0.465 e. The number of aryl methyl sites for hydroxylation is 2. The van der Waals surface area contributed by atoms with Crippen LogP contribution in [0.1, 0.15) is 44.2 Å². The van der Waals surface area contributed by atoms with Gasteiger partial charge < -0.3 is 15.4 Å². The number of halogens is 1. The van der Waals surface area contributed by atoms with Crippen molar-refractivity contribution in [2.45, 2.75) is 39.7 Å². The van der Waals surface area contributed by atoms with Gasteiger partial charge in [0, 0.05) is 9.90 Å². The van der Waals surface area contributed by atoms with Gasteiger partial charge in [-0.05, 0) is 62.5 Å². The number of aromatic nitrogens is 2. The van der Waals surface area contributed by atoms with Gasteiger partial charge in [-0.25, -0.2) is 4.79 Å². The third-order valence-electron chi connectivity index (χ3n) is 5.44. The Kier molecular flexibility index (Phi) is 6.31. The molecular formula is C22H23ClN4O2S2. The molecule has 0 fully saturated rings. The van der Waals surface area contributed by atoms with Crippen molar-refractivity contribution in [1.29, 1.82) is 0 Å². The smallest absolute Gasteiger partial charge is 0.341 e. The third kappa shape index (κ3) is 4.33. The number of carbonyl (C=O) groups is 1. The van der Waals surface area contributed by atoms with Crippen molar-refractivity contribution in [3.8, 4) is 0 Å². The summed E-state index contributed by atoms with van der Waals surface area (Å²) < 4.78 is 6.91. The topological polar surface area (TPSA) is 68.2 Å². The molecule has 162 valence electrons. The fourth-order valence-electron chi connectivity index (χ4n) is 3.88. The number of nitrogens with one attached hydrogen (secondary N) is 2. The molecule has 3 aromatic rings. The molecule has 0 unspecified atom stereocenters. The fourth-order valence-corrected chi connectivity index (χ4v) is 5.62. The van der Waals surface area contributed by atoms with Crippen LogP contribution >= 0.6 is 35.2 Å². The zero-order chi connectivity index (χ0) is 22.1. The summed E-state index contributed by atoms with van der Waals surface area (Å²) in [6, 6.07) is 7.73. The van der Waals surface area contributed by atoms with Crippen LogP contribution in [-0.4, -0.2) is 28.0 Å². The van der Waals surface area contributed by atoms with Crippen LogP contribution in [0.4, 0.5) is 10.7 Å². The van der Waals surface area contributed by atoms with Gasteiger partial charge in [-0.3, -0.25) is 4.68 Å². The van der Waals surface area contributed by atoms with E-state index in [-0.39, 0.29) is 5.97 Å². The molecule has 2 aromatic heterocycles. The van der Waals surface area contributed by atoms with Crippen molar-refractivity contribution in [1.82, 2.24) is 9.78 Å². The number of hydrogen-bond acceptors (Lipinski definition) is 5. The number of carbonyl (C=O) groups excluding carboxylic acids is 1. The molecule has 0 saturated heterocycles. The number of thiophene rings is 1. The Labute approximate surface area is 195 Å². The Hall–Kier alpha value is -2.42. The third-order valence-corrected chi connectivity index (χ3v) is 7.22. The first-order valence-electron chi connectivity index (χ1n) is 9.97. The number of thiocarbonyl (C=S) groups is 1. The van der Waals surface area contributed by atoms with Crippen LogP contribution in [0.25, 0.3) is 0 Å². The molecule has 1 aliphatic carbocycles. The molecule has 9 heteroatoms. The summed E-state index contributed by atoms with van der Waals surface area (Å²) in [7, 11) is 1.40. The zero-order valence-corrected chi connectivity index (χ0v) is 19.9. The quantitative estimate of drug-likeness (QED) is 0.384. The number of nitrogens with zero attached hydrogens (tertiary/aromatic N) is 2. The highest BCUT2D eigenvalue weighted by atomic mass is 35.5. The van der Waals surface area contributed by atoms with E-state index in [1.165, 1.54) is 12.0 Å². The molecule has 1 aromatic carbocycles. The van der Waals surface area contributed by atoms with Crippen molar-refractivity contribution < 1.29 is 9.53 Å². The van der Waals surface area contributed by atoms with Crippen LogP contribution in [0.3, 0.4) is 0 Å². The van der Waals surface area contributed by atoms with Crippen molar-refractivity contribution >= 4 is 56.9 Å². The number of methoxy groups -OCH3 is 1. The van der Waals surface area contributed by atoms with Gasteiger partial charge in [-0.1, -0.05) is 29.8 Å². The Morgan fingerprint density at radius 2 is 2.06 bits per heavy atom. The predicted octanol–water partition coefficient (Wildman–Crippen LogP) is 5.35. The summed E-state index contributed by atoms with van der Waals surface area (Å²) in [5.41, 5.74) is 5.30. The van der Waals surface area contributed by atoms with E-state index in [0.717, 1.165) is 52.5 Å². The highest BCUT2D eigenvalue weighted by Gasteiger charge is 2.27. The average Bonchev–Trinajstić information content (AvgIpc) is 3.39. The number of ether oxygens (including phenoxy) is 1. The second-order valence-corrected chi connectivity index (χ2v) is 9.35. The lowest BCUT2D eigenvalue weighted by Crippen LogP contribution is -2.21. The summed E-state index contributed by atoms with van der Waals surface area (Å²) in [5, 5.41) is 13.0. The summed E-state index contributed by atoms with van der Waals surface area (Å²) in [6.45, 7) is 4.49. The molecule has 0 bridgehead atoms. The molecule has 0 amide bonds. The maximum Gasteiger partial charge on any atom is 0.341 e. The van der Waals surface area contributed by atoms with Gasteiger partial charge in [0.2, 0.25) is 0 Å². The summed E-state index contributed by atoms with van der Waals surface area (Å²) >= 11 is 13.4. The number of anilines is 2. The second kappa shape index (κ2) is 8.98. The highest BCUT2D eigenvalue weighted by molar-refractivity contribution is 7.80. The minimum Gasteiger partial charge on any atom is -0.465 e. The Morgan fingerprint density at radius 3 is 2.81 bits per heavy atom. The van der Waals surface area contributed by atoms with Crippen LogP contribution < -0.4 is 10.6 Å². The Morgan fingerprint density at radius 1 is 1.29 bits per heavy atom. The molecule has 0 aliphatic heterocycles. The molecule has 0 radical (unpaired) electrons. The predicted molar refractivity (Wildman–Crippen MR) is 130 cm³/mol. The first kappa shape index (κ1) is 21.8. The minimum absolute atomic E-state index is 0.329. The van der Waals surface area contributed by atoms with Crippen LogP contribution in [0, 0.1) is 13.8 Å². The van der Waals surface area contributed by atoms with Gasteiger partial charge in [0.05, 0.1) is 36.3 Å². The fraction of sp³-hybridized carbons (Fsp3) is 0.318. The lowest BCUT2D eigenvalue weighted by atomic mass is 10.1. The van der Waals surface area contributed by atoms with Crippen molar-refractivity contribution in [2.75, 3.05) is 17.7 Å². The van der Waals surface area contributed by atoms with Crippen LogP contribution in [0.15, 0.2) is 24.3 Å². The lowest BCUT2D eigenvalue weighted by molar-refractivity contribution is 0.0601. The minimum atomic E-state index is -0.329. The van der Waals surface area contributed by atoms with E-state index in [4.69, 9.17) is 28.6 Å². The summed E-state index contributed by atoms with van der Waals surface area (Å²) in [6.07, 6.45) is 2.95. The standard InChI is InChI=1S/C22H23ClN4O2S2/c1-12-19(13(2)27(26-12)11-14-7-4-5-9-16(14)23)24-22(30)25-20-18(21(28)29-3)15-8-6-10-17(15)31-20/h4-5,7,9H,6,8,10-11H2,1-3H3,(H2,24,25,30). The number of rotatable bonds is 5. The molecule has 2 heterocycles. The lowest BCUT2D eigenvalue weighted by Gasteiger charge is -2.12. The van der Waals surface area contributed by atoms with E-state index in [0.29, 0.717) is 22.2 Å². The number of hydrogen-bond donors (Lipinski definition) is 2. The SMILES string of the molecule is COC(=O)c1c(NC(=S)Nc2c(C)nn(Cc3ccccc3Cl)c2C)sc2c1CCC2. The van der Waals surface area contributed by atoms with Gasteiger partial charge in [-0.15, -0.1) is 11.3 Å². The van der Waals surface area contributed by atoms with Gasteiger partial charge >= 0.3 is 5.97 Å². The van der Waals surface area contributed by atoms with Gasteiger partial charge in [-0.2, -0.15) is 5.10 Å². The number of esters is 1. The molecule has 2 N–H and O–H groups in total. The monoisotopic (exact) mass is 474 g/mol. The normalized spacial score (nSPS) is 12.5. The van der Waals surface area contributed by atoms with Crippen molar-refractivity contribution in [3.05, 3.63) is 62.2 Å². The van der Waals surface area contributed by atoms with E-state index in [1.54, 1.807) is 11.3 Å². The molecule has 0 atom stereocenters. The molecule has 31 heavy (non-hydrogen) atoms. The molecule has 0 spiro atoms. The van der Waals surface area contributed by atoms with Crippen LogP contribution in [0.2, 0.25) is 5.02 Å². The molecule has 6 nitrogen and oxygen atoms in total. The molecule has 1 aliphatic rings. The summed E-state index contributed by atoms with van der Waals surface area (Å²) in [5.74, 6) is -0.329. The molecular weight excluding hydrogens is 452 g/mol. The van der Waals surface area contributed by atoms with E-state index in [2.05, 4.69) is 15.7 Å². The Balaban J connectivity index is 1.53. The van der Waals surface area contributed by atoms with Gasteiger partial charge in [0.15, 0.2) is 5.11 Å². The van der Waals surface area contributed by atoms with E-state index >= 15 is 0 Å². The average molecular weight is 475 g/mol. The van der Waals surface area contributed by atoms with Crippen molar-refractivity contribution in [2.24, 2.45) is 0 Å². The maximum absolute atomic E-state index is 12.4. The van der Waals surface area contributed by atoms with Crippen LogP contribution in [-0.2, 0) is 24.1 Å². The van der Waals surface area contributed by atoms with E-state index in [9.17, 15) is 4.79 Å². The maximum atomic E-state index is 12.4. The van der Waals surface area contributed by atoms with E-state index < -0.39 is 0 Å². The first-order chi connectivity index (χ1) is 14.9. The molecule has 4 rings (SSSR count).